The zero-order valence-electron chi connectivity index (χ0n) is 15.3. The van der Waals surface area contributed by atoms with E-state index in [4.69, 9.17) is 0 Å². The van der Waals surface area contributed by atoms with E-state index in [-0.39, 0.29) is 0 Å². The van der Waals surface area contributed by atoms with E-state index in [0.717, 1.165) is 24.1 Å². The van der Waals surface area contributed by atoms with Crippen molar-refractivity contribution in [3.8, 4) is 0 Å². The van der Waals surface area contributed by atoms with Crippen molar-refractivity contribution < 1.29 is 4.79 Å². The molecule has 2 aliphatic carbocycles. The quantitative estimate of drug-likeness (QED) is 0.680. The Morgan fingerprint density at radius 2 is 1.60 bits per heavy atom. The van der Waals surface area contributed by atoms with Gasteiger partial charge in [-0.25, -0.2) is 0 Å². The van der Waals surface area contributed by atoms with Gasteiger partial charge < -0.3 is 4.90 Å². The number of hydrogen-bond donors (Lipinski definition) is 0. The molecule has 0 heterocycles. The smallest absolute Gasteiger partial charge is 0.150 e. The summed E-state index contributed by atoms with van der Waals surface area (Å²) in [5.41, 5.74) is 8.42. The van der Waals surface area contributed by atoms with Gasteiger partial charge in [-0.2, -0.15) is 0 Å². The molecule has 0 aliphatic heterocycles. The SMILES string of the molecule is CCN(c1ccc(C=O)cc1)c1cc2c3c(c1)CCCC3(C)CCC2. The Labute approximate surface area is 150 Å². The third kappa shape index (κ3) is 2.78. The minimum absolute atomic E-state index is 0.405. The van der Waals surface area contributed by atoms with Crippen LogP contribution >= 0.6 is 0 Å². The number of benzene rings is 2. The fourth-order valence-electron chi connectivity index (χ4n) is 5.03. The zero-order valence-corrected chi connectivity index (χ0v) is 15.3. The fraction of sp³-hybridized carbons (Fsp3) is 0.435. The number of nitrogens with zero attached hydrogens (tertiary/aromatic N) is 1. The van der Waals surface area contributed by atoms with Gasteiger partial charge in [0, 0.05) is 23.5 Å². The van der Waals surface area contributed by atoms with Crippen LogP contribution in [-0.2, 0) is 18.3 Å². The Balaban J connectivity index is 1.78. The van der Waals surface area contributed by atoms with Crippen LogP contribution in [0.1, 0.15) is 66.6 Å². The molecule has 0 N–H and O–H groups in total. The lowest BCUT2D eigenvalue weighted by Crippen LogP contribution is -2.32. The van der Waals surface area contributed by atoms with Crippen molar-refractivity contribution in [1.29, 1.82) is 0 Å². The first-order chi connectivity index (χ1) is 12.1. The number of carbonyl (C=O) groups is 1. The maximum Gasteiger partial charge on any atom is 0.150 e. The van der Waals surface area contributed by atoms with Crippen molar-refractivity contribution >= 4 is 17.7 Å². The second kappa shape index (κ2) is 6.33. The molecule has 2 aromatic carbocycles. The Morgan fingerprint density at radius 1 is 1.00 bits per heavy atom. The fourth-order valence-corrected chi connectivity index (χ4v) is 5.03. The number of aryl methyl sites for hydroxylation is 2. The van der Waals surface area contributed by atoms with E-state index < -0.39 is 0 Å². The number of hydrogen-bond acceptors (Lipinski definition) is 2. The van der Waals surface area contributed by atoms with Crippen LogP contribution in [0.15, 0.2) is 36.4 Å². The van der Waals surface area contributed by atoms with Gasteiger partial charge >= 0.3 is 0 Å². The van der Waals surface area contributed by atoms with Crippen molar-refractivity contribution in [2.45, 2.75) is 57.8 Å². The molecule has 0 radical (unpaired) electrons. The van der Waals surface area contributed by atoms with E-state index in [1.807, 2.05) is 12.1 Å². The number of aldehydes is 1. The normalized spacial score (nSPS) is 17.7. The summed E-state index contributed by atoms with van der Waals surface area (Å²) in [6, 6.07) is 12.8. The molecule has 2 aromatic rings. The summed E-state index contributed by atoms with van der Waals surface area (Å²) >= 11 is 0. The van der Waals surface area contributed by atoms with Gasteiger partial charge in [0.15, 0.2) is 0 Å². The summed E-state index contributed by atoms with van der Waals surface area (Å²) in [5, 5.41) is 0. The maximum atomic E-state index is 10.9. The second-order valence-corrected chi connectivity index (χ2v) is 7.86. The molecule has 0 saturated heterocycles. The van der Waals surface area contributed by atoms with E-state index in [1.165, 1.54) is 44.2 Å². The highest BCUT2D eigenvalue weighted by Crippen LogP contribution is 2.47. The predicted octanol–water partition coefficient (Wildman–Crippen LogP) is 5.59. The topological polar surface area (TPSA) is 20.3 Å². The van der Waals surface area contributed by atoms with E-state index in [9.17, 15) is 4.79 Å². The van der Waals surface area contributed by atoms with Crippen molar-refractivity contribution in [3.63, 3.8) is 0 Å². The standard InChI is InChI=1S/C23H27NO/c1-3-24(20-10-8-17(16-25)9-11-20)21-14-18-6-4-12-23(2)13-5-7-19(15-21)22(18)23/h8-11,14-16H,3-7,12-13H2,1-2H3. The van der Waals surface area contributed by atoms with Crippen LogP contribution in [0.5, 0.6) is 0 Å². The molecule has 0 atom stereocenters. The van der Waals surface area contributed by atoms with Gasteiger partial charge in [0.05, 0.1) is 0 Å². The first kappa shape index (κ1) is 16.4. The molecule has 0 spiro atoms. The maximum absolute atomic E-state index is 10.9. The molecule has 4 rings (SSSR count). The summed E-state index contributed by atoms with van der Waals surface area (Å²) < 4.78 is 0. The average Bonchev–Trinajstić information content (AvgIpc) is 2.63. The summed E-state index contributed by atoms with van der Waals surface area (Å²) in [7, 11) is 0. The predicted molar refractivity (Wildman–Crippen MR) is 104 cm³/mol. The molecule has 2 heteroatoms. The van der Waals surface area contributed by atoms with Crippen LogP contribution in [0.25, 0.3) is 0 Å². The lowest BCUT2D eigenvalue weighted by atomic mass is 9.63. The van der Waals surface area contributed by atoms with Crippen molar-refractivity contribution in [3.05, 3.63) is 58.7 Å². The largest absolute Gasteiger partial charge is 0.342 e. The molecule has 0 fully saturated rings. The van der Waals surface area contributed by atoms with E-state index in [0.29, 0.717) is 5.41 Å². The molecule has 0 bridgehead atoms. The van der Waals surface area contributed by atoms with Crippen LogP contribution in [0.2, 0.25) is 0 Å². The summed E-state index contributed by atoms with van der Waals surface area (Å²) in [5.74, 6) is 0. The van der Waals surface area contributed by atoms with Gasteiger partial charge in [0.2, 0.25) is 0 Å². The zero-order chi connectivity index (χ0) is 17.4. The highest BCUT2D eigenvalue weighted by Gasteiger charge is 2.36. The Kier molecular flexibility index (Phi) is 4.15. The molecule has 2 nitrogen and oxygen atoms in total. The molecule has 0 unspecified atom stereocenters. The summed E-state index contributed by atoms with van der Waals surface area (Å²) in [6.45, 7) is 5.60. The van der Waals surface area contributed by atoms with Gasteiger partial charge in [0.1, 0.15) is 6.29 Å². The Bertz CT molecular complexity index is 759. The summed E-state index contributed by atoms with van der Waals surface area (Å²) in [6.07, 6.45) is 8.65. The minimum Gasteiger partial charge on any atom is -0.342 e. The van der Waals surface area contributed by atoms with Crippen LogP contribution in [0.3, 0.4) is 0 Å². The van der Waals surface area contributed by atoms with E-state index in [2.05, 4.69) is 43.0 Å². The van der Waals surface area contributed by atoms with Gasteiger partial charge in [-0.1, -0.05) is 6.92 Å². The highest BCUT2D eigenvalue weighted by molar-refractivity contribution is 5.77. The third-order valence-corrected chi connectivity index (χ3v) is 6.21. The molecule has 0 aromatic heterocycles. The van der Waals surface area contributed by atoms with Gasteiger partial charge in [-0.3, -0.25) is 4.79 Å². The molecule has 2 aliphatic rings. The van der Waals surface area contributed by atoms with Crippen molar-refractivity contribution in [2.24, 2.45) is 0 Å². The summed E-state index contributed by atoms with van der Waals surface area (Å²) in [4.78, 5) is 13.3. The monoisotopic (exact) mass is 333 g/mol. The van der Waals surface area contributed by atoms with Crippen molar-refractivity contribution in [1.82, 2.24) is 0 Å². The lowest BCUT2D eigenvalue weighted by molar-refractivity contribution is 0.112. The molecular weight excluding hydrogens is 306 g/mol. The second-order valence-electron chi connectivity index (χ2n) is 7.86. The average molecular weight is 333 g/mol. The van der Waals surface area contributed by atoms with E-state index >= 15 is 0 Å². The first-order valence-electron chi connectivity index (χ1n) is 9.64. The van der Waals surface area contributed by atoms with Crippen LogP contribution < -0.4 is 4.90 Å². The van der Waals surface area contributed by atoms with Crippen molar-refractivity contribution in [2.75, 3.05) is 11.4 Å². The third-order valence-electron chi connectivity index (χ3n) is 6.21. The molecule has 0 saturated carbocycles. The Hall–Kier alpha value is -2.09. The van der Waals surface area contributed by atoms with Gasteiger partial charge in [-0.15, -0.1) is 0 Å². The van der Waals surface area contributed by atoms with Gasteiger partial charge in [0.25, 0.3) is 0 Å². The number of carbonyl (C=O) groups excluding carboxylic acids is 1. The molecule has 25 heavy (non-hydrogen) atoms. The van der Waals surface area contributed by atoms with Crippen LogP contribution in [0, 0.1) is 0 Å². The number of anilines is 2. The Morgan fingerprint density at radius 3 is 2.12 bits per heavy atom. The first-order valence-corrected chi connectivity index (χ1v) is 9.64. The molecule has 0 amide bonds. The van der Waals surface area contributed by atoms with Gasteiger partial charge in [-0.05, 0) is 104 Å². The lowest BCUT2D eigenvalue weighted by Gasteiger charge is -2.42. The minimum atomic E-state index is 0.405. The van der Waals surface area contributed by atoms with Crippen LogP contribution in [0.4, 0.5) is 11.4 Å². The highest BCUT2D eigenvalue weighted by atomic mass is 16.1. The van der Waals surface area contributed by atoms with E-state index in [1.54, 1.807) is 16.7 Å². The van der Waals surface area contributed by atoms with Crippen LogP contribution in [-0.4, -0.2) is 12.8 Å². The molecule has 130 valence electrons. The number of rotatable bonds is 4. The molecular formula is C23H27NO.